The fraction of sp³-hybridized carbons (Fsp3) is 0.600. The van der Waals surface area contributed by atoms with Gasteiger partial charge in [-0.2, -0.15) is 0 Å². The molecule has 3 heteroatoms. The molecule has 1 rings (SSSR count). The Balaban J connectivity index is 2.09. The van der Waals surface area contributed by atoms with E-state index in [1.165, 1.54) is 25.0 Å². The molecule has 18 heavy (non-hydrogen) atoms. The first-order valence-electron chi connectivity index (χ1n) is 6.83. The summed E-state index contributed by atoms with van der Waals surface area (Å²) < 4.78 is 18.6. The van der Waals surface area contributed by atoms with Crippen molar-refractivity contribution in [3.63, 3.8) is 0 Å². The van der Waals surface area contributed by atoms with Crippen molar-refractivity contribution >= 4 is 0 Å². The van der Waals surface area contributed by atoms with Crippen molar-refractivity contribution < 1.29 is 9.13 Å². The quantitative estimate of drug-likeness (QED) is 0.678. The minimum absolute atomic E-state index is 0.237. The highest BCUT2D eigenvalue weighted by atomic mass is 19.1. The third kappa shape index (κ3) is 6.01. The van der Waals surface area contributed by atoms with Gasteiger partial charge >= 0.3 is 0 Å². The van der Waals surface area contributed by atoms with Crippen LogP contribution >= 0.6 is 0 Å². The highest BCUT2D eigenvalue weighted by molar-refractivity contribution is 5.32. The number of hydrogen-bond donors (Lipinski definition) is 1. The standard InChI is InChI=1S/C15H24FNO/c1-3-9-17-10-5-4-6-11-18-15-12-14(16)8-7-13(15)2/h7-8,12,17H,3-6,9-11H2,1-2H3. The van der Waals surface area contributed by atoms with Crippen LogP contribution in [-0.2, 0) is 0 Å². The first-order chi connectivity index (χ1) is 8.74. The number of halogens is 1. The summed E-state index contributed by atoms with van der Waals surface area (Å²) in [7, 11) is 0. The lowest BCUT2D eigenvalue weighted by Crippen LogP contribution is -2.15. The molecular formula is C15H24FNO. The summed E-state index contributed by atoms with van der Waals surface area (Å²) in [6, 6.07) is 4.67. The van der Waals surface area contributed by atoms with E-state index in [9.17, 15) is 4.39 Å². The minimum atomic E-state index is -0.237. The van der Waals surface area contributed by atoms with Gasteiger partial charge in [-0.3, -0.25) is 0 Å². The van der Waals surface area contributed by atoms with E-state index in [0.29, 0.717) is 12.4 Å². The van der Waals surface area contributed by atoms with E-state index >= 15 is 0 Å². The minimum Gasteiger partial charge on any atom is -0.493 e. The van der Waals surface area contributed by atoms with E-state index < -0.39 is 0 Å². The molecule has 0 atom stereocenters. The normalized spacial score (nSPS) is 10.6. The molecule has 0 aromatic heterocycles. The fourth-order valence-electron chi connectivity index (χ4n) is 1.74. The third-order valence-electron chi connectivity index (χ3n) is 2.83. The van der Waals surface area contributed by atoms with Gasteiger partial charge < -0.3 is 10.1 Å². The van der Waals surface area contributed by atoms with Crippen LogP contribution < -0.4 is 10.1 Å². The Hall–Kier alpha value is -1.09. The molecule has 1 aromatic carbocycles. The third-order valence-corrected chi connectivity index (χ3v) is 2.83. The van der Waals surface area contributed by atoms with Crippen molar-refractivity contribution in [1.29, 1.82) is 0 Å². The van der Waals surface area contributed by atoms with Gasteiger partial charge in [-0.25, -0.2) is 4.39 Å². The first-order valence-corrected chi connectivity index (χ1v) is 6.83. The van der Waals surface area contributed by atoms with Crippen LogP contribution in [0.2, 0.25) is 0 Å². The molecule has 0 aliphatic rings. The van der Waals surface area contributed by atoms with Crippen molar-refractivity contribution in [2.24, 2.45) is 0 Å². The number of ether oxygens (including phenoxy) is 1. The molecule has 0 saturated carbocycles. The number of rotatable bonds is 9. The summed E-state index contributed by atoms with van der Waals surface area (Å²) in [5.41, 5.74) is 0.987. The van der Waals surface area contributed by atoms with Gasteiger partial charge in [-0.1, -0.05) is 13.0 Å². The second kappa shape index (κ2) is 8.92. The highest BCUT2D eigenvalue weighted by Gasteiger charge is 2.01. The molecule has 0 radical (unpaired) electrons. The molecule has 0 spiro atoms. The molecule has 2 nitrogen and oxygen atoms in total. The van der Waals surface area contributed by atoms with Crippen LogP contribution in [0.15, 0.2) is 18.2 Å². The Morgan fingerprint density at radius 3 is 2.78 bits per heavy atom. The molecule has 102 valence electrons. The molecule has 0 amide bonds. The van der Waals surface area contributed by atoms with Crippen molar-refractivity contribution in [1.82, 2.24) is 5.32 Å². The zero-order valence-electron chi connectivity index (χ0n) is 11.5. The van der Waals surface area contributed by atoms with Gasteiger partial charge in [-0.05, 0) is 57.3 Å². The van der Waals surface area contributed by atoms with Crippen LogP contribution in [0.1, 0.15) is 38.2 Å². The van der Waals surface area contributed by atoms with Crippen LogP contribution in [0.4, 0.5) is 4.39 Å². The Bertz CT molecular complexity index is 341. The monoisotopic (exact) mass is 253 g/mol. The van der Waals surface area contributed by atoms with E-state index in [-0.39, 0.29) is 5.82 Å². The average molecular weight is 253 g/mol. The van der Waals surface area contributed by atoms with Crippen LogP contribution in [0, 0.1) is 12.7 Å². The zero-order chi connectivity index (χ0) is 13.2. The predicted octanol–water partition coefficient (Wildman–Crippen LogP) is 3.68. The topological polar surface area (TPSA) is 21.3 Å². The highest BCUT2D eigenvalue weighted by Crippen LogP contribution is 2.18. The van der Waals surface area contributed by atoms with E-state index in [0.717, 1.165) is 31.5 Å². The maximum Gasteiger partial charge on any atom is 0.126 e. The number of aryl methyl sites for hydroxylation is 1. The van der Waals surface area contributed by atoms with Crippen molar-refractivity contribution in [2.75, 3.05) is 19.7 Å². The summed E-state index contributed by atoms with van der Waals surface area (Å²) in [6.45, 7) is 6.94. The van der Waals surface area contributed by atoms with Crippen LogP contribution in [0.25, 0.3) is 0 Å². The Labute approximate surface area is 110 Å². The molecular weight excluding hydrogens is 229 g/mol. The van der Waals surface area contributed by atoms with E-state index in [2.05, 4.69) is 12.2 Å². The summed E-state index contributed by atoms with van der Waals surface area (Å²) in [6.07, 6.45) is 4.52. The molecule has 0 fully saturated rings. The maximum atomic E-state index is 13.0. The van der Waals surface area contributed by atoms with Gasteiger partial charge in [0.15, 0.2) is 0 Å². The molecule has 1 aromatic rings. The van der Waals surface area contributed by atoms with Crippen LogP contribution in [-0.4, -0.2) is 19.7 Å². The molecule has 0 aliphatic heterocycles. The smallest absolute Gasteiger partial charge is 0.126 e. The van der Waals surface area contributed by atoms with Gasteiger partial charge in [0.25, 0.3) is 0 Å². The van der Waals surface area contributed by atoms with Crippen LogP contribution in [0.5, 0.6) is 5.75 Å². The second-order valence-electron chi connectivity index (χ2n) is 4.57. The number of nitrogens with one attached hydrogen (secondary N) is 1. The van der Waals surface area contributed by atoms with Crippen molar-refractivity contribution in [3.8, 4) is 5.75 Å². The number of hydrogen-bond acceptors (Lipinski definition) is 2. The number of benzene rings is 1. The van der Waals surface area contributed by atoms with Gasteiger partial charge in [0, 0.05) is 6.07 Å². The van der Waals surface area contributed by atoms with Gasteiger partial charge in [0.2, 0.25) is 0 Å². The fourth-order valence-corrected chi connectivity index (χ4v) is 1.74. The lowest BCUT2D eigenvalue weighted by molar-refractivity contribution is 0.301. The molecule has 0 unspecified atom stereocenters. The van der Waals surface area contributed by atoms with Crippen LogP contribution in [0.3, 0.4) is 0 Å². The predicted molar refractivity (Wildman–Crippen MR) is 73.6 cm³/mol. The molecule has 0 bridgehead atoms. The first kappa shape index (κ1) is 15.0. The van der Waals surface area contributed by atoms with Gasteiger partial charge in [0.05, 0.1) is 6.61 Å². The molecule has 1 N–H and O–H groups in total. The van der Waals surface area contributed by atoms with Crippen molar-refractivity contribution in [3.05, 3.63) is 29.6 Å². The van der Waals surface area contributed by atoms with E-state index in [1.807, 2.05) is 6.92 Å². The SMILES string of the molecule is CCCNCCCCCOc1cc(F)ccc1C. The Kier molecular flexibility index (Phi) is 7.42. The second-order valence-corrected chi connectivity index (χ2v) is 4.57. The molecule has 0 aliphatic carbocycles. The summed E-state index contributed by atoms with van der Waals surface area (Å²) >= 11 is 0. The summed E-state index contributed by atoms with van der Waals surface area (Å²) in [4.78, 5) is 0. The van der Waals surface area contributed by atoms with Crippen molar-refractivity contribution in [2.45, 2.75) is 39.5 Å². The lowest BCUT2D eigenvalue weighted by atomic mass is 10.2. The number of unbranched alkanes of at least 4 members (excludes halogenated alkanes) is 2. The lowest BCUT2D eigenvalue weighted by Gasteiger charge is -2.09. The zero-order valence-corrected chi connectivity index (χ0v) is 11.5. The summed E-state index contributed by atoms with van der Waals surface area (Å²) in [5.74, 6) is 0.429. The van der Waals surface area contributed by atoms with Gasteiger partial charge in [0.1, 0.15) is 11.6 Å². The summed E-state index contributed by atoms with van der Waals surface area (Å²) in [5, 5.41) is 3.37. The molecule has 0 saturated heterocycles. The largest absolute Gasteiger partial charge is 0.493 e. The van der Waals surface area contributed by atoms with E-state index in [1.54, 1.807) is 6.07 Å². The maximum absolute atomic E-state index is 13.0. The molecule has 0 heterocycles. The van der Waals surface area contributed by atoms with Gasteiger partial charge in [-0.15, -0.1) is 0 Å². The Morgan fingerprint density at radius 1 is 1.17 bits per heavy atom. The average Bonchev–Trinajstić information content (AvgIpc) is 2.36. The Morgan fingerprint density at radius 2 is 2.00 bits per heavy atom. The van der Waals surface area contributed by atoms with E-state index in [4.69, 9.17) is 4.74 Å².